The summed E-state index contributed by atoms with van der Waals surface area (Å²) in [6.07, 6.45) is 0. The molecule has 118 valence electrons. The van der Waals surface area contributed by atoms with Gasteiger partial charge in [0.15, 0.2) is 5.82 Å². The second-order valence-electron chi connectivity index (χ2n) is 4.95. The van der Waals surface area contributed by atoms with Crippen molar-refractivity contribution in [3.05, 3.63) is 64.6 Å². The van der Waals surface area contributed by atoms with Gasteiger partial charge in [-0.05, 0) is 24.3 Å². The quantitative estimate of drug-likeness (QED) is 0.567. The minimum Gasteiger partial charge on any atom is -0.296 e. The first-order chi connectivity index (χ1) is 11.7. The van der Waals surface area contributed by atoms with Crippen LogP contribution in [-0.2, 0) is 0 Å². The Kier molecular flexibility index (Phi) is 3.83. The number of amides is 1. The van der Waals surface area contributed by atoms with Crippen molar-refractivity contribution in [2.24, 2.45) is 0 Å². The van der Waals surface area contributed by atoms with Gasteiger partial charge in [-0.2, -0.15) is 4.52 Å². The minimum absolute atomic E-state index is 0.214. The highest BCUT2D eigenvalue weighted by molar-refractivity contribution is 9.10. The Labute approximate surface area is 149 Å². The third kappa shape index (κ3) is 2.81. The lowest BCUT2D eigenvalue weighted by Crippen LogP contribution is -2.11. The first kappa shape index (κ1) is 15.0. The number of rotatable bonds is 3. The van der Waals surface area contributed by atoms with Crippen LogP contribution in [0.1, 0.15) is 10.4 Å². The molecule has 0 atom stereocenters. The SMILES string of the molecule is O=C(Nc1nn2c(-c3ccccc3)nnc2s1)c1ccc(Br)cc1. The van der Waals surface area contributed by atoms with E-state index in [9.17, 15) is 4.79 Å². The molecule has 0 aliphatic carbocycles. The highest BCUT2D eigenvalue weighted by Gasteiger charge is 2.15. The van der Waals surface area contributed by atoms with E-state index in [1.54, 1.807) is 16.6 Å². The predicted octanol–water partition coefficient (Wildman–Crippen LogP) is 3.87. The molecule has 24 heavy (non-hydrogen) atoms. The Morgan fingerprint density at radius 1 is 1.04 bits per heavy atom. The monoisotopic (exact) mass is 399 g/mol. The molecule has 0 saturated carbocycles. The van der Waals surface area contributed by atoms with Crippen molar-refractivity contribution in [3.8, 4) is 11.4 Å². The molecule has 0 aliphatic heterocycles. The van der Waals surface area contributed by atoms with E-state index in [1.807, 2.05) is 42.5 Å². The maximum absolute atomic E-state index is 12.3. The molecule has 6 nitrogen and oxygen atoms in total. The molecule has 8 heteroatoms. The van der Waals surface area contributed by atoms with E-state index in [1.165, 1.54) is 11.3 Å². The summed E-state index contributed by atoms with van der Waals surface area (Å²) in [5, 5.41) is 15.9. The van der Waals surface area contributed by atoms with Crippen molar-refractivity contribution in [1.29, 1.82) is 0 Å². The first-order valence-electron chi connectivity index (χ1n) is 7.05. The van der Waals surface area contributed by atoms with Crippen molar-refractivity contribution in [1.82, 2.24) is 19.8 Å². The molecule has 0 aliphatic rings. The molecule has 4 aromatic rings. The van der Waals surface area contributed by atoms with Crippen LogP contribution in [0.15, 0.2) is 59.1 Å². The number of carbonyl (C=O) groups is 1. The van der Waals surface area contributed by atoms with E-state index in [-0.39, 0.29) is 5.91 Å². The zero-order chi connectivity index (χ0) is 16.5. The summed E-state index contributed by atoms with van der Waals surface area (Å²) in [7, 11) is 0. The average molecular weight is 400 g/mol. The van der Waals surface area contributed by atoms with Crippen LogP contribution in [0.3, 0.4) is 0 Å². The first-order valence-corrected chi connectivity index (χ1v) is 8.66. The molecule has 4 rings (SSSR count). The van der Waals surface area contributed by atoms with Crippen molar-refractivity contribution in [2.45, 2.75) is 0 Å². The van der Waals surface area contributed by atoms with Gasteiger partial charge in [-0.15, -0.1) is 15.3 Å². The number of halogens is 1. The van der Waals surface area contributed by atoms with E-state index in [0.717, 1.165) is 10.0 Å². The van der Waals surface area contributed by atoms with Crippen LogP contribution in [0.4, 0.5) is 5.13 Å². The van der Waals surface area contributed by atoms with Crippen LogP contribution in [0.2, 0.25) is 0 Å². The van der Waals surface area contributed by atoms with Crippen LogP contribution in [-0.4, -0.2) is 25.7 Å². The lowest BCUT2D eigenvalue weighted by molar-refractivity contribution is 0.102. The van der Waals surface area contributed by atoms with Gasteiger partial charge < -0.3 is 0 Å². The lowest BCUT2D eigenvalue weighted by Gasteiger charge is -2.01. The molecule has 0 saturated heterocycles. The number of aromatic nitrogens is 4. The normalized spacial score (nSPS) is 10.9. The largest absolute Gasteiger partial charge is 0.296 e. The summed E-state index contributed by atoms with van der Waals surface area (Å²) < 4.78 is 2.56. The Hall–Kier alpha value is -2.58. The Balaban J connectivity index is 1.63. The minimum atomic E-state index is -0.214. The molecule has 1 N–H and O–H groups in total. The zero-order valence-corrected chi connectivity index (χ0v) is 14.6. The number of carbonyl (C=O) groups excluding carboxylic acids is 1. The topological polar surface area (TPSA) is 72.2 Å². The Morgan fingerprint density at radius 3 is 2.54 bits per heavy atom. The average Bonchev–Trinajstić information content (AvgIpc) is 3.16. The van der Waals surface area contributed by atoms with E-state index in [2.05, 4.69) is 36.5 Å². The van der Waals surface area contributed by atoms with E-state index in [4.69, 9.17) is 0 Å². The number of nitrogens with one attached hydrogen (secondary N) is 1. The van der Waals surface area contributed by atoms with Crippen LogP contribution in [0, 0.1) is 0 Å². The second-order valence-corrected chi connectivity index (χ2v) is 6.82. The molecule has 2 aromatic heterocycles. The standard InChI is InChI=1S/C16H10BrN5OS/c17-12-8-6-11(7-9-12)14(23)18-15-21-22-13(19-20-16(22)24-15)10-4-2-1-3-5-10/h1-9H,(H,18,21,23). The molecule has 0 bridgehead atoms. The maximum Gasteiger partial charge on any atom is 0.257 e. The molecule has 2 heterocycles. The Bertz CT molecular complexity index is 1010. The van der Waals surface area contributed by atoms with E-state index >= 15 is 0 Å². The number of hydrogen-bond donors (Lipinski definition) is 1. The van der Waals surface area contributed by atoms with Crippen LogP contribution < -0.4 is 5.32 Å². The summed E-state index contributed by atoms with van der Waals surface area (Å²) in [6.45, 7) is 0. The van der Waals surface area contributed by atoms with Gasteiger partial charge in [-0.1, -0.05) is 57.6 Å². The highest BCUT2D eigenvalue weighted by atomic mass is 79.9. The molecular formula is C16H10BrN5OS. The van der Waals surface area contributed by atoms with Crippen molar-refractivity contribution < 1.29 is 4.79 Å². The molecule has 1 amide bonds. The van der Waals surface area contributed by atoms with Crippen molar-refractivity contribution >= 4 is 43.3 Å². The third-order valence-corrected chi connectivity index (χ3v) is 4.69. The van der Waals surface area contributed by atoms with Gasteiger partial charge in [0.1, 0.15) is 0 Å². The van der Waals surface area contributed by atoms with E-state index in [0.29, 0.717) is 21.5 Å². The van der Waals surface area contributed by atoms with Gasteiger partial charge in [-0.25, -0.2) is 0 Å². The van der Waals surface area contributed by atoms with Crippen LogP contribution in [0.25, 0.3) is 16.3 Å². The molecule has 0 spiro atoms. The fourth-order valence-electron chi connectivity index (χ4n) is 2.21. The summed E-state index contributed by atoms with van der Waals surface area (Å²) in [5.41, 5.74) is 1.48. The van der Waals surface area contributed by atoms with E-state index < -0.39 is 0 Å². The molecule has 0 fully saturated rings. The number of benzene rings is 2. The van der Waals surface area contributed by atoms with Gasteiger partial charge in [-0.3, -0.25) is 10.1 Å². The zero-order valence-electron chi connectivity index (χ0n) is 12.2. The number of fused-ring (bicyclic) bond motifs is 1. The van der Waals surface area contributed by atoms with Gasteiger partial charge in [0.2, 0.25) is 10.1 Å². The lowest BCUT2D eigenvalue weighted by atomic mass is 10.2. The van der Waals surface area contributed by atoms with Gasteiger partial charge in [0.25, 0.3) is 5.91 Å². The molecular weight excluding hydrogens is 390 g/mol. The number of anilines is 1. The third-order valence-electron chi connectivity index (χ3n) is 3.35. The molecule has 0 unspecified atom stereocenters. The van der Waals surface area contributed by atoms with Gasteiger partial charge in [0, 0.05) is 15.6 Å². The fraction of sp³-hybridized carbons (Fsp3) is 0. The van der Waals surface area contributed by atoms with Crippen molar-refractivity contribution in [2.75, 3.05) is 5.32 Å². The second kappa shape index (κ2) is 6.14. The number of nitrogens with zero attached hydrogens (tertiary/aromatic N) is 4. The van der Waals surface area contributed by atoms with Gasteiger partial charge in [0.05, 0.1) is 0 Å². The number of hydrogen-bond acceptors (Lipinski definition) is 5. The Morgan fingerprint density at radius 2 is 1.79 bits per heavy atom. The summed E-state index contributed by atoms with van der Waals surface area (Å²) in [6, 6.07) is 16.8. The summed E-state index contributed by atoms with van der Waals surface area (Å²) in [5.74, 6) is 0.430. The summed E-state index contributed by atoms with van der Waals surface area (Å²) >= 11 is 4.63. The fourth-order valence-corrected chi connectivity index (χ4v) is 3.20. The van der Waals surface area contributed by atoms with Crippen LogP contribution in [0.5, 0.6) is 0 Å². The smallest absolute Gasteiger partial charge is 0.257 e. The molecule has 0 radical (unpaired) electrons. The van der Waals surface area contributed by atoms with Crippen molar-refractivity contribution in [3.63, 3.8) is 0 Å². The van der Waals surface area contributed by atoms with Crippen LogP contribution >= 0.6 is 27.3 Å². The predicted molar refractivity (Wildman–Crippen MR) is 96.2 cm³/mol. The maximum atomic E-state index is 12.3. The highest BCUT2D eigenvalue weighted by Crippen LogP contribution is 2.24. The summed E-state index contributed by atoms with van der Waals surface area (Å²) in [4.78, 5) is 12.9. The van der Waals surface area contributed by atoms with Gasteiger partial charge >= 0.3 is 0 Å². The molecule has 2 aromatic carbocycles.